The summed E-state index contributed by atoms with van der Waals surface area (Å²) in [4.78, 5) is 10.7. The third-order valence-electron chi connectivity index (χ3n) is 2.00. The molecule has 0 aromatic heterocycles. The highest BCUT2D eigenvalue weighted by Crippen LogP contribution is 2.11. The number of carbonyl (C=O) groups excluding carboxylic acids is 1. The summed E-state index contributed by atoms with van der Waals surface area (Å²) in [6.45, 7) is 7.06. The van der Waals surface area contributed by atoms with E-state index in [0.29, 0.717) is 12.2 Å². The van der Waals surface area contributed by atoms with Crippen LogP contribution in [0, 0.1) is 0 Å². The minimum atomic E-state index is -0.324. The lowest BCUT2D eigenvalue weighted by Gasteiger charge is -2.05. The number of allylic oxidation sites excluding steroid dienone is 2. The molecule has 0 fully saturated rings. The van der Waals surface area contributed by atoms with Crippen molar-refractivity contribution in [1.29, 1.82) is 0 Å². The average Bonchev–Trinajstić information content (AvgIpc) is 2.17. The maximum absolute atomic E-state index is 10.7. The number of carbonyl (C=O) groups is 1. The molecule has 0 saturated heterocycles. The molecule has 0 N–H and O–H groups in total. The van der Waals surface area contributed by atoms with E-state index in [1.165, 1.54) is 6.92 Å². The van der Waals surface area contributed by atoms with E-state index in [1.54, 1.807) is 0 Å². The van der Waals surface area contributed by atoms with Crippen LogP contribution in [0.15, 0.2) is 42.7 Å². The molecule has 0 saturated carbocycles. The van der Waals surface area contributed by atoms with Crippen LogP contribution in [0.2, 0.25) is 0 Å². The summed E-state index contributed by atoms with van der Waals surface area (Å²) in [5.74, 6) is 0.153. The second-order valence-electron chi connectivity index (χ2n) is 3.55. The third-order valence-corrected chi connectivity index (χ3v) is 2.00. The number of rotatable bonds is 4. The van der Waals surface area contributed by atoms with Crippen LogP contribution in [0.25, 0.3) is 6.08 Å². The normalized spacial score (nSPS) is 10.4. The van der Waals surface area contributed by atoms with Crippen molar-refractivity contribution in [3.05, 3.63) is 53.8 Å². The van der Waals surface area contributed by atoms with Crippen LogP contribution in [0.3, 0.4) is 0 Å². The van der Waals surface area contributed by atoms with E-state index in [2.05, 4.69) is 12.6 Å². The van der Waals surface area contributed by atoms with E-state index in [-0.39, 0.29) is 5.97 Å². The summed E-state index contributed by atoms with van der Waals surface area (Å²) in [7, 11) is 0. The lowest BCUT2D eigenvalue weighted by atomic mass is 10.1. The smallest absolute Gasteiger partial charge is 0.307 e. The lowest BCUT2D eigenvalue weighted by Crippen LogP contribution is -2.00. The Balaban J connectivity index is 2.70. The maximum atomic E-state index is 10.7. The summed E-state index contributed by atoms with van der Waals surface area (Å²) >= 11 is 0. The van der Waals surface area contributed by atoms with Crippen molar-refractivity contribution in [3.63, 3.8) is 0 Å². The van der Waals surface area contributed by atoms with Crippen molar-refractivity contribution in [1.82, 2.24) is 0 Å². The Morgan fingerprint density at radius 3 is 2.88 bits per heavy atom. The van der Waals surface area contributed by atoms with E-state index in [0.717, 1.165) is 11.1 Å². The van der Waals surface area contributed by atoms with Crippen LogP contribution in [0.4, 0.5) is 0 Å². The van der Waals surface area contributed by atoms with Gasteiger partial charge in [-0.2, -0.15) is 0 Å². The topological polar surface area (TPSA) is 26.3 Å². The number of benzene rings is 1. The van der Waals surface area contributed by atoms with Crippen molar-refractivity contribution in [2.45, 2.75) is 20.3 Å². The predicted octanol–water partition coefficient (Wildman–Crippen LogP) is 3.34. The number of esters is 1. The van der Waals surface area contributed by atoms with Gasteiger partial charge in [0.15, 0.2) is 0 Å². The predicted molar refractivity (Wildman–Crippen MR) is 65.8 cm³/mol. The Morgan fingerprint density at radius 2 is 2.25 bits per heavy atom. The van der Waals surface area contributed by atoms with Crippen molar-refractivity contribution in [3.8, 4) is 0 Å². The molecular formula is C14H16O2. The molecular weight excluding hydrogens is 200 g/mol. The van der Waals surface area contributed by atoms with Crippen LogP contribution in [0.1, 0.15) is 25.0 Å². The fraction of sp³-hybridized carbons (Fsp3) is 0.214. The minimum absolute atomic E-state index is 0.324. The van der Waals surface area contributed by atoms with Crippen molar-refractivity contribution < 1.29 is 9.53 Å². The van der Waals surface area contributed by atoms with E-state index in [9.17, 15) is 4.79 Å². The zero-order valence-corrected chi connectivity index (χ0v) is 9.69. The Hall–Kier alpha value is -1.83. The molecule has 16 heavy (non-hydrogen) atoms. The van der Waals surface area contributed by atoms with Crippen LogP contribution in [-0.2, 0) is 16.0 Å². The van der Waals surface area contributed by atoms with Gasteiger partial charge in [-0.15, -0.1) is 0 Å². The quantitative estimate of drug-likeness (QED) is 0.570. The molecule has 0 amide bonds. The van der Waals surface area contributed by atoms with Gasteiger partial charge in [-0.05, 0) is 18.1 Å². The molecule has 0 unspecified atom stereocenters. The summed E-state index contributed by atoms with van der Waals surface area (Å²) in [5, 5.41) is 0. The van der Waals surface area contributed by atoms with E-state index < -0.39 is 0 Å². The molecule has 1 aromatic rings. The first-order chi connectivity index (χ1) is 7.61. The summed E-state index contributed by atoms with van der Waals surface area (Å²) in [5.41, 5.74) is 2.22. The first-order valence-corrected chi connectivity index (χ1v) is 5.19. The van der Waals surface area contributed by atoms with E-state index in [4.69, 9.17) is 4.74 Å². The Labute approximate surface area is 96.2 Å². The molecule has 0 aliphatic heterocycles. The van der Waals surface area contributed by atoms with Crippen LogP contribution in [-0.4, -0.2) is 5.97 Å². The average molecular weight is 216 g/mol. The zero-order chi connectivity index (χ0) is 12.0. The SMILES string of the molecule is C=C(Cc1cccc(C=CC)c1)OC(C)=O. The van der Waals surface area contributed by atoms with Gasteiger partial charge in [0.05, 0.1) is 0 Å². The highest BCUT2D eigenvalue weighted by atomic mass is 16.5. The fourth-order valence-electron chi connectivity index (χ4n) is 1.47. The number of hydrogen-bond donors (Lipinski definition) is 0. The van der Waals surface area contributed by atoms with Gasteiger partial charge < -0.3 is 4.74 Å². The maximum Gasteiger partial charge on any atom is 0.307 e. The fourth-order valence-corrected chi connectivity index (χ4v) is 1.47. The zero-order valence-electron chi connectivity index (χ0n) is 9.69. The molecule has 0 aliphatic rings. The summed E-state index contributed by atoms with van der Waals surface area (Å²) in [6, 6.07) is 8.04. The van der Waals surface area contributed by atoms with Gasteiger partial charge in [-0.3, -0.25) is 4.79 Å². The van der Waals surface area contributed by atoms with Crippen LogP contribution >= 0.6 is 0 Å². The first-order valence-electron chi connectivity index (χ1n) is 5.19. The minimum Gasteiger partial charge on any atom is -0.432 e. The molecule has 0 aliphatic carbocycles. The third kappa shape index (κ3) is 4.13. The molecule has 84 valence electrons. The van der Waals surface area contributed by atoms with Gasteiger partial charge in [0, 0.05) is 13.3 Å². The van der Waals surface area contributed by atoms with Gasteiger partial charge in [0.1, 0.15) is 5.76 Å². The van der Waals surface area contributed by atoms with Gasteiger partial charge in [0.25, 0.3) is 0 Å². The van der Waals surface area contributed by atoms with Crippen molar-refractivity contribution in [2.24, 2.45) is 0 Å². The highest BCUT2D eigenvalue weighted by Gasteiger charge is 2.01. The van der Waals surface area contributed by atoms with Crippen molar-refractivity contribution >= 4 is 12.0 Å². The number of ether oxygens (including phenoxy) is 1. The molecule has 0 radical (unpaired) electrons. The second kappa shape index (κ2) is 5.91. The van der Waals surface area contributed by atoms with Crippen LogP contribution in [0.5, 0.6) is 0 Å². The Kier molecular flexibility index (Phi) is 4.52. The van der Waals surface area contributed by atoms with E-state index in [1.807, 2.05) is 37.3 Å². The second-order valence-corrected chi connectivity index (χ2v) is 3.55. The highest BCUT2D eigenvalue weighted by molar-refractivity contribution is 5.67. The molecule has 0 heterocycles. The summed E-state index contributed by atoms with van der Waals surface area (Å²) in [6.07, 6.45) is 4.57. The molecule has 0 spiro atoms. The molecule has 1 rings (SSSR count). The van der Waals surface area contributed by atoms with Gasteiger partial charge in [-0.1, -0.05) is 43.0 Å². The van der Waals surface area contributed by atoms with Gasteiger partial charge in [0.2, 0.25) is 0 Å². The van der Waals surface area contributed by atoms with Crippen LogP contribution < -0.4 is 0 Å². The largest absolute Gasteiger partial charge is 0.432 e. The van der Waals surface area contributed by atoms with Gasteiger partial charge >= 0.3 is 5.97 Å². The molecule has 2 heteroatoms. The number of hydrogen-bond acceptors (Lipinski definition) is 2. The Morgan fingerprint density at radius 1 is 1.50 bits per heavy atom. The summed E-state index contributed by atoms with van der Waals surface area (Å²) < 4.78 is 4.90. The lowest BCUT2D eigenvalue weighted by molar-refractivity contribution is -0.136. The monoisotopic (exact) mass is 216 g/mol. The van der Waals surface area contributed by atoms with E-state index >= 15 is 0 Å². The molecule has 2 nitrogen and oxygen atoms in total. The van der Waals surface area contributed by atoms with Crippen molar-refractivity contribution in [2.75, 3.05) is 0 Å². The standard InChI is InChI=1S/C14H16O2/c1-4-6-13-7-5-8-14(10-13)9-11(2)16-12(3)15/h4-8,10H,2,9H2,1,3H3. The van der Waals surface area contributed by atoms with Gasteiger partial charge in [-0.25, -0.2) is 0 Å². The Bertz CT molecular complexity index is 416. The molecule has 0 bridgehead atoms. The molecule has 0 atom stereocenters. The first kappa shape index (κ1) is 12.2. The molecule has 1 aromatic carbocycles.